The van der Waals surface area contributed by atoms with Crippen molar-refractivity contribution < 1.29 is 26.9 Å². The van der Waals surface area contributed by atoms with E-state index in [2.05, 4.69) is 0 Å². The summed E-state index contributed by atoms with van der Waals surface area (Å²) in [6.07, 6.45) is 1.59. The highest BCUT2D eigenvalue weighted by Gasteiger charge is 2.35. The molecule has 3 aromatic carbocycles. The molecule has 0 aliphatic carbocycles. The van der Waals surface area contributed by atoms with Gasteiger partial charge in [0.15, 0.2) is 11.5 Å². The van der Waals surface area contributed by atoms with Crippen molar-refractivity contribution in [3.8, 4) is 11.5 Å². The number of hydrogen-bond donors (Lipinski definition) is 0. The van der Waals surface area contributed by atoms with E-state index in [4.69, 9.17) is 8.92 Å². The van der Waals surface area contributed by atoms with Crippen molar-refractivity contribution in [3.05, 3.63) is 91.4 Å². The molecule has 0 aromatic heterocycles. The minimum absolute atomic E-state index is 0.0253. The van der Waals surface area contributed by atoms with Crippen LogP contribution >= 0.6 is 34.4 Å². The summed E-state index contributed by atoms with van der Waals surface area (Å²) < 4.78 is 36.9. The summed E-state index contributed by atoms with van der Waals surface area (Å²) in [4.78, 5) is 27.1. The Labute approximate surface area is 227 Å². The SMILES string of the molecule is COc1cc(/C=C2\SC(=O)N(Cc3ccccc3C)C2=O)cc(I)c1OS(=O)(=O)c1ccc(C)cc1. The Hall–Kier alpha value is -2.83. The van der Waals surface area contributed by atoms with Crippen LogP contribution < -0.4 is 8.92 Å². The first-order chi connectivity index (χ1) is 17.1. The number of benzene rings is 3. The molecule has 0 atom stereocenters. The van der Waals surface area contributed by atoms with Gasteiger partial charge in [0.25, 0.3) is 11.1 Å². The third kappa shape index (κ3) is 5.60. The Morgan fingerprint density at radius 2 is 1.72 bits per heavy atom. The summed E-state index contributed by atoms with van der Waals surface area (Å²) in [7, 11) is -2.69. The van der Waals surface area contributed by atoms with Gasteiger partial charge in [-0.05, 0) is 95.2 Å². The molecule has 0 radical (unpaired) electrons. The quantitative estimate of drug-likeness (QED) is 0.181. The van der Waals surface area contributed by atoms with E-state index < -0.39 is 10.1 Å². The van der Waals surface area contributed by atoms with Gasteiger partial charge in [-0.2, -0.15) is 8.42 Å². The van der Waals surface area contributed by atoms with Gasteiger partial charge in [0, 0.05) is 0 Å². The Bertz CT molecular complexity index is 1480. The number of thioether (sulfide) groups is 1. The van der Waals surface area contributed by atoms with Crippen LogP contribution in [-0.4, -0.2) is 31.6 Å². The van der Waals surface area contributed by atoms with E-state index in [1.54, 1.807) is 30.3 Å². The lowest BCUT2D eigenvalue weighted by molar-refractivity contribution is -0.123. The number of carbonyl (C=O) groups is 2. The highest BCUT2D eigenvalue weighted by atomic mass is 127. The number of rotatable bonds is 7. The molecule has 7 nitrogen and oxygen atoms in total. The second-order valence-corrected chi connectivity index (χ2v) is 11.8. The number of halogens is 1. The molecule has 36 heavy (non-hydrogen) atoms. The number of carbonyl (C=O) groups excluding carboxylic acids is 2. The molecule has 186 valence electrons. The van der Waals surface area contributed by atoms with Crippen molar-refractivity contribution in [1.82, 2.24) is 4.90 Å². The van der Waals surface area contributed by atoms with Crippen LogP contribution in [0.15, 0.2) is 70.5 Å². The van der Waals surface area contributed by atoms with Gasteiger partial charge in [-0.25, -0.2) is 0 Å². The smallest absolute Gasteiger partial charge is 0.339 e. The summed E-state index contributed by atoms with van der Waals surface area (Å²) in [5.41, 5.74) is 3.39. The van der Waals surface area contributed by atoms with Gasteiger partial charge in [0.05, 0.1) is 22.1 Å². The summed E-state index contributed by atoms with van der Waals surface area (Å²) in [5, 5.41) is -0.347. The minimum Gasteiger partial charge on any atom is -0.493 e. The van der Waals surface area contributed by atoms with E-state index >= 15 is 0 Å². The Morgan fingerprint density at radius 1 is 1.03 bits per heavy atom. The van der Waals surface area contributed by atoms with Crippen molar-refractivity contribution in [1.29, 1.82) is 0 Å². The zero-order valence-electron chi connectivity index (χ0n) is 19.6. The zero-order valence-corrected chi connectivity index (χ0v) is 23.4. The molecule has 0 bridgehead atoms. The van der Waals surface area contributed by atoms with Crippen molar-refractivity contribution in [3.63, 3.8) is 0 Å². The van der Waals surface area contributed by atoms with E-state index in [1.807, 2.05) is 60.7 Å². The number of nitrogens with zero attached hydrogens (tertiary/aromatic N) is 1. The lowest BCUT2D eigenvalue weighted by atomic mass is 10.1. The standard InChI is InChI=1S/C26H22INO6S2/c1-16-8-10-20(11-9-16)36(31,32)34-24-21(27)12-18(13-22(24)33-3)14-23-25(29)28(26(30)35-23)15-19-7-5-4-6-17(19)2/h4-14H,15H2,1-3H3/b23-14-. The number of imide groups is 1. The lowest BCUT2D eigenvalue weighted by Crippen LogP contribution is -2.27. The van der Waals surface area contributed by atoms with Crippen LogP contribution in [0.1, 0.15) is 22.3 Å². The van der Waals surface area contributed by atoms with E-state index in [9.17, 15) is 18.0 Å². The molecule has 1 fully saturated rings. The fourth-order valence-electron chi connectivity index (χ4n) is 3.51. The average molecular weight is 636 g/mol. The second kappa shape index (κ2) is 10.7. The van der Waals surface area contributed by atoms with Crippen molar-refractivity contribution in [2.24, 2.45) is 0 Å². The third-order valence-electron chi connectivity index (χ3n) is 5.52. The van der Waals surface area contributed by atoms with E-state index in [0.29, 0.717) is 9.13 Å². The monoisotopic (exact) mass is 635 g/mol. The molecule has 0 spiro atoms. The molecule has 1 saturated heterocycles. The van der Waals surface area contributed by atoms with Gasteiger partial charge < -0.3 is 8.92 Å². The van der Waals surface area contributed by atoms with Crippen LogP contribution in [0.3, 0.4) is 0 Å². The summed E-state index contributed by atoms with van der Waals surface area (Å²) in [5.74, 6) is -0.157. The Kier molecular flexibility index (Phi) is 7.76. The molecule has 1 aliphatic rings. The topological polar surface area (TPSA) is 90.0 Å². The molecular formula is C26H22INO6S2. The first-order valence-corrected chi connectivity index (χ1v) is 14.1. The highest BCUT2D eigenvalue weighted by molar-refractivity contribution is 14.1. The number of ether oxygens (including phenoxy) is 1. The average Bonchev–Trinajstić information content (AvgIpc) is 3.09. The molecule has 1 aliphatic heterocycles. The number of methoxy groups -OCH3 is 1. The van der Waals surface area contributed by atoms with Crippen LogP contribution in [-0.2, 0) is 21.5 Å². The second-order valence-electron chi connectivity index (χ2n) is 8.08. The largest absolute Gasteiger partial charge is 0.493 e. The zero-order chi connectivity index (χ0) is 26.0. The Balaban J connectivity index is 1.60. The van der Waals surface area contributed by atoms with E-state index in [1.165, 1.54) is 24.1 Å². The fraction of sp³-hybridized carbons (Fsp3) is 0.154. The molecule has 1 heterocycles. The molecule has 0 N–H and O–H groups in total. The first-order valence-electron chi connectivity index (χ1n) is 10.8. The van der Waals surface area contributed by atoms with Gasteiger partial charge in [0.1, 0.15) is 4.90 Å². The first kappa shape index (κ1) is 26.2. The Morgan fingerprint density at radius 3 is 2.39 bits per heavy atom. The lowest BCUT2D eigenvalue weighted by Gasteiger charge is -2.14. The van der Waals surface area contributed by atoms with Crippen molar-refractivity contribution in [2.75, 3.05) is 7.11 Å². The molecule has 0 saturated carbocycles. The molecule has 3 aromatic rings. The van der Waals surface area contributed by atoms with Crippen LogP contribution in [0, 0.1) is 17.4 Å². The van der Waals surface area contributed by atoms with Crippen molar-refractivity contribution >= 4 is 61.7 Å². The third-order valence-corrected chi connectivity index (χ3v) is 8.46. The minimum atomic E-state index is -4.09. The molecular weight excluding hydrogens is 613 g/mol. The summed E-state index contributed by atoms with van der Waals surface area (Å²) >= 11 is 2.81. The van der Waals surface area contributed by atoms with Gasteiger partial charge in [-0.3, -0.25) is 14.5 Å². The number of hydrogen-bond acceptors (Lipinski definition) is 7. The fourth-order valence-corrected chi connectivity index (χ4v) is 6.19. The number of aryl methyl sites for hydroxylation is 2. The van der Waals surface area contributed by atoms with Gasteiger partial charge in [-0.15, -0.1) is 0 Å². The van der Waals surface area contributed by atoms with E-state index in [0.717, 1.165) is 28.5 Å². The molecule has 2 amide bonds. The van der Waals surface area contributed by atoms with Crippen LogP contribution in [0.5, 0.6) is 11.5 Å². The summed E-state index contributed by atoms with van der Waals surface area (Å²) in [6.45, 7) is 3.99. The molecule has 4 rings (SSSR count). The maximum absolute atomic E-state index is 13.0. The molecule has 10 heteroatoms. The maximum atomic E-state index is 13.0. The normalized spacial score (nSPS) is 15.0. The van der Waals surface area contributed by atoms with Gasteiger partial charge in [-0.1, -0.05) is 42.0 Å². The van der Waals surface area contributed by atoms with Crippen LogP contribution in [0.4, 0.5) is 4.79 Å². The van der Waals surface area contributed by atoms with Crippen LogP contribution in [0.25, 0.3) is 6.08 Å². The molecule has 0 unspecified atom stereocenters. The van der Waals surface area contributed by atoms with E-state index in [-0.39, 0.29) is 39.0 Å². The van der Waals surface area contributed by atoms with Crippen molar-refractivity contribution in [2.45, 2.75) is 25.3 Å². The predicted molar refractivity (Wildman–Crippen MR) is 147 cm³/mol. The number of amides is 2. The highest BCUT2D eigenvalue weighted by Crippen LogP contribution is 2.39. The van der Waals surface area contributed by atoms with Crippen LogP contribution in [0.2, 0.25) is 0 Å². The maximum Gasteiger partial charge on any atom is 0.339 e. The van der Waals surface area contributed by atoms with Gasteiger partial charge in [0.2, 0.25) is 0 Å². The predicted octanol–water partition coefficient (Wildman–Crippen LogP) is 5.92. The van der Waals surface area contributed by atoms with Gasteiger partial charge >= 0.3 is 10.1 Å². The summed E-state index contributed by atoms with van der Waals surface area (Å²) in [6, 6.07) is 17.2.